The van der Waals surface area contributed by atoms with Crippen LogP contribution in [0.15, 0.2) is 24.3 Å². The Kier molecular flexibility index (Phi) is 7.06. The van der Waals surface area contributed by atoms with Gasteiger partial charge in [0.2, 0.25) is 0 Å². The number of amides is 1. The number of hydrogen-bond donors (Lipinski definition) is 3. The van der Waals surface area contributed by atoms with Gasteiger partial charge in [0.1, 0.15) is 5.75 Å². The van der Waals surface area contributed by atoms with Crippen molar-refractivity contribution >= 4 is 18.3 Å². The standard InChI is InChI=1S/C19H26N4O2.ClH/c1-12(2)10-16(13-6-4-5-7-17(13)25-3)21-19(24)18-14-11-20-9-8-15(14)22-23-18;/h4-7,12,16,20H,8-11H2,1-3H3,(H,21,24)(H,22,23);1H. The molecule has 142 valence electrons. The number of aromatic nitrogens is 2. The Balaban J connectivity index is 0.00000243. The van der Waals surface area contributed by atoms with Gasteiger partial charge in [0.25, 0.3) is 5.91 Å². The van der Waals surface area contributed by atoms with E-state index in [4.69, 9.17) is 4.74 Å². The molecule has 6 nitrogen and oxygen atoms in total. The molecule has 0 fully saturated rings. The summed E-state index contributed by atoms with van der Waals surface area (Å²) in [7, 11) is 1.66. The van der Waals surface area contributed by atoms with Crippen LogP contribution in [0, 0.1) is 5.92 Å². The summed E-state index contributed by atoms with van der Waals surface area (Å²) in [6.07, 6.45) is 1.70. The predicted octanol–water partition coefficient (Wildman–Crippen LogP) is 3.00. The van der Waals surface area contributed by atoms with Crippen LogP contribution in [0.25, 0.3) is 0 Å². The second-order valence-electron chi connectivity index (χ2n) is 6.85. The summed E-state index contributed by atoms with van der Waals surface area (Å²) in [4.78, 5) is 12.9. The molecule has 2 heterocycles. The maximum Gasteiger partial charge on any atom is 0.272 e. The summed E-state index contributed by atoms with van der Waals surface area (Å²) in [6, 6.07) is 7.72. The van der Waals surface area contributed by atoms with E-state index in [0.29, 0.717) is 18.2 Å². The molecule has 0 aliphatic carbocycles. The summed E-state index contributed by atoms with van der Waals surface area (Å²) in [5.74, 6) is 1.09. The Morgan fingerprint density at radius 2 is 2.12 bits per heavy atom. The smallest absolute Gasteiger partial charge is 0.272 e. The number of methoxy groups -OCH3 is 1. The minimum absolute atomic E-state index is 0. The monoisotopic (exact) mass is 378 g/mol. The Labute approximate surface area is 160 Å². The lowest BCUT2D eigenvalue weighted by atomic mass is 9.95. The van der Waals surface area contributed by atoms with Gasteiger partial charge in [-0.05, 0) is 18.4 Å². The van der Waals surface area contributed by atoms with Crippen LogP contribution in [0.3, 0.4) is 0 Å². The summed E-state index contributed by atoms with van der Waals surface area (Å²) in [6.45, 7) is 5.88. The first kappa shape index (κ1) is 20.3. The van der Waals surface area contributed by atoms with E-state index in [1.54, 1.807) is 7.11 Å². The Hall–Kier alpha value is -2.05. The van der Waals surface area contributed by atoms with Crippen molar-refractivity contribution in [1.82, 2.24) is 20.8 Å². The molecule has 1 atom stereocenters. The zero-order valence-electron chi connectivity index (χ0n) is 15.5. The number of para-hydroxylation sites is 1. The van der Waals surface area contributed by atoms with Crippen LogP contribution >= 0.6 is 12.4 Å². The lowest BCUT2D eigenvalue weighted by Crippen LogP contribution is -2.32. The lowest BCUT2D eigenvalue weighted by Gasteiger charge is -2.23. The number of carbonyl (C=O) groups excluding carboxylic acids is 1. The molecule has 1 aliphatic heterocycles. The van der Waals surface area contributed by atoms with Crippen LogP contribution in [0.1, 0.15) is 53.6 Å². The quantitative estimate of drug-likeness (QED) is 0.722. The molecule has 0 spiro atoms. The lowest BCUT2D eigenvalue weighted by molar-refractivity contribution is 0.0925. The molecule has 0 radical (unpaired) electrons. The molecule has 3 N–H and O–H groups in total. The number of aromatic amines is 1. The van der Waals surface area contributed by atoms with Crippen LogP contribution < -0.4 is 15.4 Å². The van der Waals surface area contributed by atoms with Crippen LogP contribution in [-0.2, 0) is 13.0 Å². The first-order valence-corrected chi connectivity index (χ1v) is 8.80. The average Bonchev–Trinajstić information content (AvgIpc) is 3.05. The van der Waals surface area contributed by atoms with Crippen molar-refractivity contribution < 1.29 is 9.53 Å². The minimum Gasteiger partial charge on any atom is -0.496 e. The molecule has 1 amide bonds. The molecule has 1 aromatic heterocycles. The van der Waals surface area contributed by atoms with Crippen molar-refractivity contribution in [1.29, 1.82) is 0 Å². The van der Waals surface area contributed by atoms with Crippen molar-refractivity contribution in [2.24, 2.45) is 5.92 Å². The van der Waals surface area contributed by atoms with Crippen LogP contribution in [0.4, 0.5) is 0 Å². The second kappa shape index (κ2) is 9.05. The fraction of sp³-hybridized carbons (Fsp3) is 0.474. The molecule has 0 saturated carbocycles. The largest absolute Gasteiger partial charge is 0.496 e. The first-order valence-electron chi connectivity index (χ1n) is 8.80. The Bertz CT molecular complexity index is 745. The van der Waals surface area contributed by atoms with Crippen LogP contribution in [0.2, 0.25) is 0 Å². The number of ether oxygens (including phenoxy) is 1. The summed E-state index contributed by atoms with van der Waals surface area (Å²) in [5, 5.41) is 13.7. The van der Waals surface area contributed by atoms with Crippen LogP contribution in [-0.4, -0.2) is 29.8 Å². The highest BCUT2D eigenvalue weighted by atomic mass is 35.5. The van der Waals surface area contributed by atoms with Gasteiger partial charge in [-0.3, -0.25) is 9.89 Å². The number of hydrogen-bond acceptors (Lipinski definition) is 4. The number of fused-ring (bicyclic) bond motifs is 1. The number of nitrogens with one attached hydrogen (secondary N) is 3. The van der Waals surface area contributed by atoms with E-state index in [1.165, 1.54) is 0 Å². The van der Waals surface area contributed by atoms with E-state index in [9.17, 15) is 4.79 Å². The van der Waals surface area contributed by atoms with Gasteiger partial charge in [-0.25, -0.2) is 0 Å². The van der Waals surface area contributed by atoms with E-state index in [0.717, 1.165) is 42.0 Å². The number of benzene rings is 1. The first-order chi connectivity index (χ1) is 12.1. The van der Waals surface area contributed by atoms with Crippen molar-refractivity contribution in [3.05, 3.63) is 46.8 Å². The van der Waals surface area contributed by atoms with Gasteiger partial charge in [-0.2, -0.15) is 5.10 Å². The fourth-order valence-electron chi connectivity index (χ4n) is 3.33. The summed E-state index contributed by atoms with van der Waals surface area (Å²) in [5.41, 5.74) is 3.52. The van der Waals surface area contributed by atoms with Crippen molar-refractivity contribution in [3.8, 4) is 5.75 Å². The van der Waals surface area contributed by atoms with Gasteiger partial charge in [-0.1, -0.05) is 32.0 Å². The highest BCUT2D eigenvalue weighted by Crippen LogP contribution is 2.30. The van der Waals surface area contributed by atoms with Gasteiger partial charge < -0.3 is 15.4 Å². The number of nitrogens with zero attached hydrogens (tertiary/aromatic N) is 1. The predicted molar refractivity (Wildman–Crippen MR) is 104 cm³/mol. The topological polar surface area (TPSA) is 79.0 Å². The molecule has 26 heavy (non-hydrogen) atoms. The van der Waals surface area contributed by atoms with Gasteiger partial charge in [0, 0.05) is 36.3 Å². The maximum absolute atomic E-state index is 12.9. The summed E-state index contributed by atoms with van der Waals surface area (Å²) < 4.78 is 5.49. The second-order valence-corrected chi connectivity index (χ2v) is 6.85. The fourth-order valence-corrected chi connectivity index (χ4v) is 3.33. The van der Waals surface area contributed by atoms with Crippen molar-refractivity contribution in [3.63, 3.8) is 0 Å². The van der Waals surface area contributed by atoms with E-state index in [-0.39, 0.29) is 24.4 Å². The molecular weight excluding hydrogens is 352 g/mol. The van der Waals surface area contributed by atoms with E-state index in [2.05, 4.69) is 34.7 Å². The highest BCUT2D eigenvalue weighted by Gasteiger charge is 2.25. The molecule has 3 rings (SSSR count). The molecule has 0 saturated heterocycles. The molecule has 1 unspecified atom stereocenters. The average molecular weight is 379 g/mol. The summed E-state index contributed by atoms with van der Waals surface area (Å²) >= 11 is 0. The third kappa shape index (κ3) is 4.37. The molecule has 2 aromatic rings. The van der Waals surface area contributed by atoms with Gasteiger partial charge in [-0.15, -0.1) is 12.4 Å². The van der Waals surface area contributed by atoms with Gasteiger partial charge in [0.15, 0.2) is 5.69 Å². The number of rotatable bonds is 6. The number of halogens is 1. The zero-order valence-corrected chi connectivity index (χ0v) is 16.3. The maximum atomic E-state index is 12.9. The number of carbonyl (C=O) groups is 1. The van der Waals surface area contributed by atoms with E-state index < -0.39 is 0 Å². The molecule has 7 heteroatoms. The highest BCUT2D eigenvalue weighted by molar-refractivity contribution is 5.94. The van der Waals surface area contributed by atoms with E-state index in [1.807, 2.05) is 24.3 Å². The van der Waals surface area contributed by atoms with Crippen molar-refractivity contribution in [2.45, 2.75) is 39.3 Å². The van der Waals surface area contributed by atoms with Crippen molar-refractivity contribution in [2.75, 3.05) is 13.7 Å². The Morgan fingerprint density at radius 3 is 2.85 bits per heavy atom. The third-order valence-corrected chi connectivity index (χ3v) is 4.55. The third-order valence-electron chi connectivity index (χ3n) is 4.55. The molecule has 1 aromatic carbocycles. The molecular formula is C19H27ClN4O2. The SMILES string of the molecule is COc1ccccc1C(CC(C)C)NC(=O)c1n[nH]c2c1CNCC2.Cl. The van der Waals surface area contributed by atoms with Gasteiger partial charge in [0.05, 0.1) is 13.2 Å². The minimum atomic E-state index is -0.141. The molecule has 0 bridgehead atoms. The molecule has 1 aliphatic rings. The Morgan fingerprint density at radius 1 is 1.35 bits per heavy atom. The zero-order chi connectivity index (χ0) is 17.8. The van der Waals surface area contributed by atoms with E-state index >= 15 is 0 Å². The van der Waals surface area contributed by atoms with Gasteiger partial charge >= 0.3 is 0 Å². The normalized spacial score (nSPS) is 14.3. The number of H-pyrrole nitrogens is 1. The van der Waals surface area contributed by atoms with Crippen LogP contribution in [0.5, 0.6) is 5.75 Å².